The molecule has 1 heterocycles. The third-order valence-electron chi connectivity index (χ3n) is 2.55. The van der Waals surface area contributed by atoms with Gasteiger partial charge in [-0.05, 0) is 12.1 Å². The Morgan fingerprint density at radius 3 is 2.88 bits per heavy atom. The van der Waals surface area contributed by atoms with Gasteiger partial charge in [0.2, 0.25) is 0 Å². The van der Waals surface area contributed by atoms with Gasteiger partial charge < -0.3 is 14.4 Å². The molecule has 0 N–H and O–H groups in total. The maximum Gasteiger partial charge on any atom is 0.344 e. The Labute approximate surface area is 96.7 Å². The Bertz CT molecular complexity index is 500. The highest BCUT2D eigenvalue weighted by atomic mass is 19.1. The van der Waals surface area contributed by atoms with Gasteiger partial charge in [0, 0.05) is 7.05 Å². The minimum absolute atomic E-state index is 0.0407. The van der Waals surface area contributed by atoms with Crippen LogP contribution in [0.25, 0.3) is 0 Å². The molecule has 1 aromatic carbocycles. The molecule has 1 aromatic rings. The fourth-order valence-electron chi connectivity index (χ4n) is 1.62. The third-order valence-corrected chi connectivity index (χ3v) is 2.55. The molecular formula is C11H10FNO4. The van der Waals surface area contributed by atoms with Crippen LogP contribution >= 0.6 is 0 Å². The minimum atomic E-state index is -0.831. The van der Waals surface area contributed by atoms with Gasteiger partial charge in [0.1, 0.15) is 11.4 Å². The van der Waals surface area contributed by atoms with E-state index in [-0.39, 0.29) is 23.8 Å². The monoisotopic (exact) mass is 239 g/mol. The van der Waals surface area contributed by atoms with Gasteiger partial charge in [-0.2, -0.15) is 0 Å². The molecule has 17 heavy (non-hydrogen) atoms. The van der Waals surface area contributed by atoms with Crippen molar-refractivity contribution in [2.45, 2.75) is 0 Å². The number of esters is 1. The summed E-state index contributed by atoms with van der Waals surface area (Å²) in [4.78, 5) is 24.1. The molecule has 5 nitrogen and oxygen atoms in total. The number of rotatable bonds is 1. The van der Waals surface area contributed by atoms with Crippen molar-refractivity contribution >= 4 is 17.6 Å². The molecule has 6 heteroatoms. The molecule has 0 radical (unpaired) electrons. The highest BCUT2D eigenvalue weighted by molar-refractivity contribution is 6.02. The van der Waals surface area contributed by atoms with Gasteiger partial charge in [-0.25, -0.2) is 9.18 Å². The lowest BCUT2D eigenvalue weighted by Crippen LogP contribution is -2.36. The van der Waals surface area contributed by atoms with E-state index in [1.54, 1.807) is 0 Å². The number of hydrogen-bond donors (Lipinski definition) is 0. The van der Waals surface area contributed by atoms with Gasteiger partial charge in [-0.3, -0.25) is 4.79 Å². The summed E-state index contributed by atoms with van der Waals surface area (Å²) in [6.45, 7) is -0.225. The Balaban J connectivity index is 2.61. The molecule has 0 aromatic heterocycles. The normalized spacial score (nSPS) is 14.1. The highest BCUT2D eigenvalue weighted by Gasteiger charge is 2.29. The van der Waals surface area contributed by atoms with E-state index >= 15 is 0 Å². The average molecular weight is 239 g/mol. The van der Waals surface area contributed by atoms with E-state index in [9.17, 15) is 14.0 Å². The number of benzene rings is 1. The Morgan fingerprint density at radius 2 is 2.24 bits per heavy atom. The van der Waals surface area contributed by atoms with Gasteiger partial charge in [0.05, 0.1) is 12.8 Å². The molecule has 0 bridgehead atoms. The summed E-state index contributed by atoms with van der Waals surface area (Å²) in [6.07, 6.45) is 0. The smallest absolute Gasteiger partial charge is 0.344 e. The quantitative estimate of drug-likeness (QED) is 0.685. The summed E-state index contributed by atoms with van der Waals surface area (Å²) in [5, 5.41) is 0. The summed E-state index contributed by atoms with van der Waals surface area (Å²) in [5.41, 5.74) is 0.0624. The largest absolute Gasteiger partial charge is 0.481 e. The predicted octanol–water partition coefficient (Wildman–Crippen LogP) is 0.968. The van der Waals surface area contributed by atoms with Crippen molar-refractivity contribution in [1.82, 2.24) is 0 Å². The summed E-state index contributed by atoms with van der Waals surface area (Å²) in [6, 6.07) is 2.48. The summed E-state index contributed by atoms with van der Waals surface area (Å²) in [7, 11) is 2.68. The lowest BCUT2D eigenvalue weighted by atomic mass is 10.1. The van der Waals surface area contributed by atoms with Gasteiger partial charge >= 0.3 is 5.97 Å². The number of methoxy groups -OCH3 is 1. The van der Waals surface area contributed by atoms with Gasteiger partial charge in [-0.15, -0.1) is 0 Å². The van der Waals surface area contributed by atoms with Crippen LogP contribution in [0.3, 0.4) is 0 Å². The van der Waals surface area contributed by atoms with E-state index in [2.05, 4.69) is 4.74 Å². The number of nitrogens with zero attached hydrogens (tertiary/aromatic N) is 1. The minimum Gasteiger partial charge on any atom is -0.481 e. The number of carbonyl (C=O) groups excluding carboxylic acids is 2. The predicted molar refractivity (Wildman–Crippen MR) is 56.6 cm³/mol. The molecule has 1 amide bonds. The number of likely N-dealkylation sites (N-methyl/N-ethyl adjacent to an activating group) is 1. The standard InChI is InChI=1S/C11H10FNO4/c1-13-7-4-3-6(12)9(11(15)16-2)10(7)17-5-8(13)14/h3-4H,5H2,1-2H3. The van der Waals surface area contributed by atoms with Crippen LogP contribution in [0.2, 0.25) is 0 Å². The van der Waals surface area contributed by atoms with E-state index < -0.39 is 11.8 Å². The van der Waals surface area contributed by atoms with Crippen LogP contribution in [-0.2, 0) is 9.53 Å². The van der Waals surface area contributed by atoms with E-state index in [1.165, 1.54) is 18.0 Å². The van der Waals surface area contributed by atoms with Crippen molar-refractivity contribution in [2.24, 2.45) is 0 Å². The highest BCUT2D eigenvalue weighted by Crippen LogP contribution is 2.36. The van der Waals surface area contributed by atoms with Gasteiger partial charge in [0.15, 0.2) is 12.4 Å². The molecule has 90 valence electrons. The van der Waals surface area contributed by atoms with Crippen molar-refractivity contribution in [3.8, 4) is 5.75 Å². The molecular weight excluding hydrogens is 229 g/mol. The summed E-state index contributed by atoms with van der Waals surface area (Å²) < 4.78 is 23.1. The summed E-state index contributed by atoms with van der Waals surface area (Å²) >= 11 is 0. The fourth-order valence-corrected chi connectivity index (χ4v) is 1.62. The number of hydrogen-bond acceptors (Lipinski definition) is 4. The maximum absolute atomic E-state index is 13.6. The molecule has 0 saturated heterocycles. The van der Waals surface area contributed by atoms with E-state index in [0.717, 1.165) is 13.2 Å². The van der Waals surface area contributed by atoms with Crippen LogP contribution in [-0.4, -0.2) is 32.6 Å². The zero-order valence-corrected chi connectivity index (χ0v) is 9.32. The first kappa shape index (κ1) is 11.4. The number of carbonyl (C=O) groups is 2. The van der Waals surface area contributed by atoms with Crippen LogP contribution in [0.4, 0.5) is 10.1 Å². The Morgan fingerprint density at radius 1 is 1.53 bits per heavy atom. The second kappa shape index (κ2) is 4.04. The first-order chi connectivity index (χ1) is 8.06. The molecule has 1 aliphatic rings. The van der Waals surface area contributed by atoms with Crippen molar-refractivity contribution in [3.05, 3.63) is 23.5 Å². The van der Waals surface area contributed by atoms with E-state index in [1.807, 2.05) is 0 Å². The first-order valence-electron chi connectivity index (χ1n) is 4.86. The molecule has 1 aliphatic heterocycles. The lowest BCUT2D eigenvalue weighted by molar-refractivity contribution is -0.121. The Hall–Kier alpha value is -2.11. The molecule has 0 fully saturated rings. The Kier molecular flexibility index (Phi) is 2.71. The van der Waals surface area contributed by atoms with Crippen molar-refractivity contribution in [1.29, 1.82) is 0 Å². The van der Waals surface area contributed by atoms with Crippen LogP contribution in [0, 0.1) is 5.82 Å². The number of halogens is 1. The topological polar surface area (TPSA) is 55.8 Å². The van der Waals surface area contributed by atoms with Crippen molar-refractivity contribution < 1.29 is 23.5 Å². The number of ether oxygens (including phenoxy) is 2. The molecule has 0 aliphatic carbocycles. The van der Waals surface area contributed by atoms with Crippen LogP contribution in [0.15, 0.2) is 12.1 Å². The van der Waals surface area contributed by atoms with Crippen molar-refractivity contribution in [2.75, 3.05) is 25.7 Å². The third kappa shape index (κ3) is 1.71. The number of fused-ring (bicyclic) bond motifs is 1. The van der Waals surface area contributed by atoms with Crippen LogP contribution in [0.5, 0.6) is 5.75 Å². The first-order valence-corrected chi connectivity index (χ1v) is 4.86. The molecule has 0 spiro atoms. The summed E-state index contributed by atoms with van der Waals surface area (Å²) in [5.74, 6) is -1.79. The van der Waals surface area contributed by atoms with Crippen molar-refractivity contribution in [3.63, 3.8) is 0 Å². The van der Waals surface area contributed by atoms with Crippen LogP contribution in [0.1, 0.15) is 10.4 Å². The second-order valence-corrected chi connectivity index (χ2v) is 3.50. The molecule has 0 unspecified atom stereocenters. The second-order valence-electron chi connectivity index (χ2n) is 3.50. The number of amides is 1. The fraction of sp³-hybridized carbons (Fsp3) is 0.273. The SMILES string of the molecule is COC(=O)c1c(F)ccc2c1OCC(=O)N2C. The zero-order valence-electron chi connectivity index (χ0n) is 9.32. The molecule has 0 saturated carbocycles. The van der Waals surface area contributed by atoms with E-state index in [0.29, 0.717) is 5.69 Å². The zero-order chi connectivity index (χ0) is 12.6. The van der Waals surface area contributed by atoms with E-state index in [4.69, 9.17) is 4.74 Å². The molecule has 2 rings (SSSR count). The number of anilines is 1. The van der Waals surface area contributed by atoms with Crippen LogP contribution < -0.4 is 9.64 Å². The average Bonchev–Trinajstić information content (AvgIpc) is 2.33. The maximum atomic E-state index is 13.6. The van der Waals surface area contributed by atoms with Gasteiger partial charge in [0.25, 0.3) is 5.91 Å². The lowest BCUT2D eigenvalue weighted by Gasteiger charge is -2.27. The van der Waals surface area contributed by atoms with Gasteiger partial charge in [-0.1, -0.05) is 0 Å². The molecule has 0 atom stereocenters.